The Morgan fingerprint density at radius 3 is 2.54 bits per heavy atom. The van der Waals surface area contributed by atoms with Crippen LogP contribution in [0.5, 0.6) is 5.75 Å². The molecule has 3 heteroatoms. The van der Waals surface area contributed by atoms with Crippen LogP contribution in [0.25, 0.3) is 0 Å². The zero-order valence-corrected chi connectivity index (χ0v) is 9.12. The van der Waals surface area contributed by atoms with Gasteiger partial charge in [-0.3, -0.25) is 0 Å². The number of hydrogen-bond donors (Lipinski definition) is 1. The van der Waals surface area contributed by atoms with Crippen molar-refractivity contribution in [1.29, 1.82) is 0 Å². The molecule has 0 amide bonds. The molecule has 0 unspecified atom stereocenters. The predicted octanol–water partition coefficient (Wildman–Crippen LogP) is 2.60. The van der Waals surface area contributed by atoms with Gasteiger partial charge in [0.15, 0.2) is 0 Å². The first-order chi connectivity index (χ1) is 6.18. The van der Waals surface area contributed by atoms with Gasteiger partial charge in [0.2, 0.25) is 0 Å². The maximum absolute atomic E-state index is 8.99. The fraction of sp³-hybridized carbons (Fsp3) is 0.400. The largest absolute Gasteiger partial charge is 0.493 e. The van der Waals surface area contributed by atoms with Gasteiger partial charge in [-0.15, -0.1) is 0 Å². The first-order valence-electron chi connectivity index (χ1n) is 4.25. The van der Waals surface area contributed by atoms with E-state index in [-0.39, 0.29) is 6.10 Å². The van der Waals surface area contributed by atoms with E-state index in [0.29, 0.717) is 13.0 Å². The molecular weight excluding hydrogens is 232 g/mol. The third-order valence-electron chi connectivity index (χ3n) is 1.62. The Morgan fingerprint density at radius 2 is 2.00 bits per heavy atom. The van der Waals surface area contributed by atoms with Crippen LogP contribution in [0.15, 0.2) is 28.7 Å². The van der Waals surface area contributed by atoms with E-state index in [1.54, 1.807) is 6.92 Å². The summed E-state index contributed by atoms with van der Waals surface area (Å²) in [6, 6.07) is 7.65. The molecule has 0 aliphatic heterocycles. The number of halogens is 1. The van der Waals surface area contributed by atoms with Crippen LogP contribution in [-0.2, 0) is 0 Å². The molecule has 0 heterocycles. The van der Waals surface area contributed by atoms with E-state index in [0.717, 1.165) is 10.2 Å². The predicted molar refractivity (Wildman–Crippen MR) is 55.9 cm³/mol. The zero-order chi connectivity index (χ0) is 9.68. The van der Waals surface area contributed by atoms with Crippen LogP contribution in [0.3, 0.4) is 0 Å². The molecular formula is C10H13BrO2. The maximum atomic E-state index is 8.99. The molecule has 1 N–H and O–H groups in total. The average Bonchev–Trinajstić information content (AvgIpc) is 2.08. The standard InChI is InChI=1S/C10H13BrO2/c1-8(12)6-7-13-10-4-2-9(11)3-5-10/h2-5,8,12H,6-7H2,1H3/t8-/m0/s1. The van der Waals surface area contributed by atoms with Gasteiger partial charge in [-0.1, -0.05) is 15.9 Å². The van der Waals surface area contributed by atoms with E-state index in [4.69, 9.17) is 9.84 Å². The minimum absolute atomic E-state index is 0.296. The van der Waals surface area contributed by atoms with E-state index in [1.165, 1.54) is 0 Å². The smallest absolute Gasteiger partial charge is 0.119 e. The Morgan fingerprint density at radius 1 is 1.38 bits per heavy atom. The molecule has 1 aromatic carbocycles. The lowest BCUT2D eigenvalue weighted by molar-refractivity contribution is 0.155. The lowest BCUT2D eigenvalue weighted by Crippen LogP contribution is -2.07. The van der Waals surface area contributed by atoms with Crippen molar-refractivity contribution in [3.8, 4) is 5.75 Å². The van der Waals surface area contributed by atoms with E-state index < -0.39 is 0 Å². The summed E-state index contributed by atoms with van der Waals surface area (Å²) < 4.78 is 6.43. The van der Waals surface area contributed by atoms with Crippen LogP contribution in [0.2, 0.25) is 0 Å². The van der Waals surface area contributed by atoms with Crippen molar-refractivity contribution in [2.24, 2.45) is 0 Å². The van der Waals surface area contributed by atoms with E-state index in [9.17, 15) is 0 Å². The van der Waals surface area contributed by atoms with Gasteiger partial charge in [-0.25, -0.2) is 0 Å². The quantitative estimate of drug-likeness (QED) is 0.883. The lowest BCUT2D eigenvalue weighted by atomic mass is 10.3. The van der Waals surface area contributed by atoms with Gasteiger partial charge >= 0.3 is 0 Å². The molecule has 0 saturated heterocycles. The molecule has 1 rings (SSSR count). The van der Waals surface area contributed by atoms with Gasteiger partial charge in [-0.2, -0.15) is 0 Å². The highest BCUT2D eigenvalue weighted by atomic mass is 79.9. The number of aliphatic hydroxyl groups excluding tert-OH is 1. The van der Waals surface area contributed by atoms with Crippen molar-refractivity contribution in [2.75, 3.05) is 6.61 Å². The number of hydrogen-bond acceptors (Lipinski definition) is 2. The van der Waals surface area contributed by atoms with Crippen molar-refractivity contribution >= 4 is 15.9 Å². The second-order valence-corrected chi connectivity index (χ2v) is 3.86. The van der Waals surface area contributed by atoms with Crippen LogP contribution >= 0.6 is 15.9 Å². The molecule has 0 aliphatic carbocycles. The van der Waals surface area contributed by atoms with Gasteiger partial charge in [0.05, 0.1) is 12.7 Å². The van der Waals surface area contributed by atoms with Crippen LogP contribution in [0.4, 0.5) is 0 Å². The van der Waals surface area contributed by atoms with Crippen LogP contribution in [-0.4, -0.2) is 17.8 Å². The highest BCUT2D eigenvalue weighted by Gasteiger charge is 1.96. The van der Waals surface area contributed by atoms with Crippen molar-refractivity contribution in [2.45, 2.75) is 19.4 Å². The Balaban J connectivity index is 2.33. The lowest BCUT2D eigenvalue weighted by Gasteiger charge is -2.07. The zero-order valence-electron chi connectivity index (χ0n) is 7.53. The molecule has 72 valence electrons. The molecule has 0 aliphatic rings. The Hall–Kier alpha value is -0.540. The third kappa shape index (κ3) is 4.29. The highest BCUT2D eigenvalue weighted by Crippen LogP contribution is 2.16. The van der Waals surface area contributed by atoms with E-state index in [2.05, 4.69) is 15.9 Å². The van der Waals surface area contributed by atoms with Crippen molar-refractivity contribution in [1.82, 2.24) is 0 Å². The fourth-order valence-electron chi connectivity index (χ4n) is 0.878. The summed E-state index contributed by atoms with van der Waals surface area (Å²) in [5.74, 6) is 0.837. The minimum atomic E-state index is -0.296. The molecule has 0 aromatic heterocycles. The molecule has 0 radical (unpaired) electrons. The fourth-order valence-corrected chi connectivity index (χ4v) is 1.14. The van der Waals surface area contributed by atoms with Gasteiger partial charge < -0.3 is 9.84 Å². The Labute approximate surface area is 86.7 Å². The van der Waals surface area contributed by atoms with Crippen LogP contribution in [0.1, 0.15) is 13.3 Å². The summed E-state index contributed by atoms with van der Waals surface area (Å²) in [4.78, 5) is 0. The first kappa shape index (κ1) is 10.5. The molecule has 0 fully saturated rings. The topological polar surface area (TPSA) is 29.5 Å². The monoisotopic (exact) mass is 244 g/mol. The molecule has 1 aromatic rings. The molecule has 13 heavy (non-hydrogen) atoms. The number of rotatable bonds is 4. The van der Waals surface area contributed by atoms with Crippen LogP contribution in [0, 0.1) is 0 Å². The van der Waals surface area contributed by atoms with E-state index >= 15 is 0 Å². The number of aliphatic hydroxyl groups is 1. The van der Waals surface area contributed by atoms with Crippen molar-refractivity contribution in [3.05, 3.63) is 28.7 Å². The summed E-state index contributed by atoms with van der Waals surface area (Å²) in [6.07, 6.45) is 0.367. The summed E-state index contributed by atoms with van der Waals surface area (Å²) in [6.45, 7) is 2.31. The van der Waals surface area contributed by atoms with Gasteiger partial charge in [-0.05, 0) is 31.2 Å². The van der Waals surface area contributed by atoms with E-state index in [1.807, 2.05) is 24.3 Å². The maximum Gasteiger partial charge on any atom is 0.119 e. The van der Waals surface area contributed by atoms with Crippen molar-refractivity contribution in [3.63, 3.8) is 0 Å². The second kappa shape index (κ2) is 5.25. The third-order valence-corrected chi connectivity index (χ3v) is 2.15. The summed E-state index contributed by atoms with van der Waals surface area (Å²) in [5, 5.41) is 8.99. The first-order valence-corrected chi connectivity index (χ1v) is 5.04. The second-order valence-electron chi connectivity index (χ2n) is 2.94. The highest BCUT2D eigenvalue weighted by molar-refractivity contribution is 9.10. The molecule has 1 atom stereocenters. The SMILES string of the molecule is C[C@H](O)CCOc1ccc(Br)cc1. The van der Waals surface area contributed by atoms with Crippen LogP contribution < -0.4 is 4.74 Å². The Kier molecular flexibility index (Phi) is 4.25. The normalized spacial score (nSPS) is 12.5. The molecule has 0 bridgehead atoms. The molecule has 2 nitrogen and oxygen atoms in total. The summed E-state index contributed by atoms with van der Waals surface area (Å²) >= 11 is 3.34. The summed E-state index contributed by atoms with van der Waals surface area (Å²) in [7, 11) is 0. The van der Waals surface area contributed by atoms with Crippen molar-refractivity contribution < 1.29 is 9.84 Å². The minimum Gasteiger partial charge on any atom is -0.493 e. The molecule has 0 saturated carbocycles. The average molecular weight is 245 g/mol. The van der Waals surface area contributed by atoms with Gasteiger partial charge in [0.1, 0.15) is 5.75 Å². The molecule has 0 spiro atoms. The van der Waals surface area contributed by atoms with Gasteiger partial charge in [0.25, 0.3) is 0 Å². The Bertz CT molecular complexity index is 244. The number of benzene rings is 1. The number of ether oxygens (including phenoxy) is 1. The van der Waals surface area contributed by atoms with Gasteiger partial charge in [0, 0.05) is 10.9 Å². The summed E-state index contributed by atoms with van der Waals surface area (Å²) in [5.41, 5.74) is 0.